The number of benzene rings is 2. The number of piperidine rings is 1. The molecule has 0 aliphatic carbocycles. The van der Waals surface area contributed by atoms with Crippen LogP contribution in [0.2, 0.25) is 0 Å². The predicted molar refractivity (Wildman–Crippen MR) is 133 cm³/mol. The number of ether oxygens (including phenoxy) is 1. The van der Waals surface area contributed by atoms with Gasteiger partial charge in [0.15, 0.2) is 5.13 Å². The number of esters is 1. The molecule has 33 heavy (non-hydrogen) atoms. The lowest BCUT2D eigenvalue weighted by Gasteiger charge is -2.33. The van der Waals surface area contributed by atoms with Gasteiger partial charge in [0.05, 0.1) is 22.9 Å². The first-order valence-electron chi connectivity index (χ1n) is 11.2. The van der Waals surface area contributed by atoms with Crippen molar-refractivity contribution in [1.29, 1.82) is 0 Å². The van der Waals surface area contributed by atoms with Gasteiger partial charge in [0, 0.05) is 23.5 Å². The first-order valence-corrected chi connectivity index (χ1v) is 12.8. The van der Waals surface area contributed by atoms with Crippen LogP contribution in [0, 0.1) is 0 Å². The molecule has 0 bridgehead atoms. The van der Waals surface area contributed by atoms with Gasteiger partial charge < -0.3 is 15.0 Å². The molecule has 6 nitrogen and oxygen atoms in total. The van der Waals surface area contributed by atoms with Crippen molar-refractivity contribution in [2.45, 2.75) is 35.8 Å². The van der Waals surface area contributed by atoms with Crippen LogP contribution >= 0.6 is 23.1 Å². The predicted octanol–water partition coefficient (Wildman–Crippen LogP) is 5.30. The molecule has 0 saturated carbocycles. The number of amides is 1. The van der Waals surface area contributed by atoms with Crippen LogP contribution in [0.15, 0.2) is 59.5 Å². The minimum absolute atomic E-state index is 0.189. The number of carbonyl (C=O) groups is 2. The van der Waals surface area contributed by atoms with Gasteiger partial charge in [-0.25, -0.2) is 9.78 Å². The third-order valence-corrected chi connectivity index (χ3v) is 8.69. The van der Waals surface area contributed by atoms with Gasteiger partial charge in [0.2, 0.25) is 4.75 Å². The Morgan fingerprint density at radius 3 is 2.58 bits per heavy atom. The Morgan fingerprint density at radius 2 is 1.82 bits per heavy atom. The number of rotatable bonds is 5. The highest BCUT2D eigenvalue weighted by atomic mass is 32.2. The Kier molecular flexibility index (Phi) is 6.12. The zero-order chi connectivity index (χ0) is 22.8. The fraction of sp³-hybridized carbons (Fsp3) is 0.320. The Balaban J connectivity index is 1.71. The van der Waals surface area contributed by atoms with Crippen molar-refractivity contribution in [1.82, 2.24) is 4.98 Å². The molecule has 3 aromatic rings. The summed E-state index contributed by atoms with van der Waals surface area (Å²) in [6.07, 6.45) is 3.44. The fourth-order valence-electron chi connectivity index (χ4n) is 4.25. The molecule has 2 aliphatic rings. The van der Waals surface area contributed by atoms with Crippen molar-refractivity contribution in [2.75, 3.05) is 29.9 Å². The van der Waals surface area contributed by atoms with E-state index in [4.69, 9.17) is 9.72 Å². The van der Waals surface area contributed by atoms with E-state index < -0.39 is 16.6 Å². The first-order chi connectivity index (χ1) is 16.1. The summed E-state index contributed by atoms with van der Waals surface area (Å²) < 4.78 is 3.95. The standard InChI is InChI=1S/C25H25N3O3S2/c1-2-31-23(30)25(22(29)26-18-13-7-8-14-19(18)33-25)21-20(17-11-5-3-6-12-17)27-24(32-21)28-15-9-4-10-16-28/h3,5-8,11-14H,2,4,9-10,15-16H2,1H3,(H,26,29)/t25-/m0/s1. The third-order valence-electron chi connectivity index (χ3n) is 5.89. The normalized spacial score (nSPS) is 20.2. The molecule has 2 aromatic carbocycles. The molecular weight excluding hydrogens is 454 g/mol. The Hall–Kier alpha value is -2.84. The summed E-state index contributed by atoms with van der Waals surface area (Å²) in [5, 5.41) is 3.81. The number of hydrogen-bond acceptors (Lipinski definition) is 7. The number of nitrogens with zero attached hydrogens (tertiary/aromatic N) is 2. The van der Waals surface area contributed by atoms with Gasteiger partial charge in [-0.05, 0) is 38.3 Å². The number of hydrogen-bond donors (Lipinski definition) is 1. The second-order valence-electron chi connectivity index (χ2n) is 8.04. The second kappa shape index (κ2) is 9.19. The van der Waals surface area contributed by atoms with Gasteiger partial charge in [-0.1, -0.05) is 65.6 Å². The summed E-state index contributed by atoms with van der Waals surface area (Å²) in [5.41, 5.74) is 2.24. The van der Waals surface area contributed by atoms with Gasteiger partial charge in [-0.2, -0.15) is 0 Å². The van der Waals surface area contributed by atoms with Crippen molar-refractivity contribution < 1.29 is 14.3 Å². The number of para-hydroxylation sites is 1. The molecule has 1 fully saturated rings. The number of carbonyl (C=O) groups excluding carboxylic acids is 2. The monoisotopic (exact) mass is 479 g/mol. The smallest absolute Gasteiger partial charge is 0.337 e. The van der Waals surface area contributed by atoms with Gasteiger partial charge in [-0.15, -0.1) is 0 Å². The number of fused-ring (bicyclic) bond motifs is 1. The quantitative estimate of drug-likeness (QED) is 0.395. The molecule has 0 spiro atoms. The van der Waals surface area contributed by atoms with E-state index in [0.29, 0.717) is 16.3 Å². The van der Waals surface area contributed by atoms with E-state index in [2.05, 4.69) is 10.2 Å². The van der Waals surface area contributed by atoms with Gasteiger partial charge in [0.25, 0.3) is 5.91 Å². The van der Waals surface area contributed by atoms with Crippen LogP contribution in [0.5, 0.6) is 0 Å². The zero-order valence-electron chi connectivity index (χ0n) is 18.4. The number of thioether (sulfide) groups is 1. The van der Waals surface area contributed by atoms with E-state index in [9.17, 15) is 9.59 Å². The molecular formula is C25H25N3O3S2. The van der Waals surface area contributed by atoms with E-state index in [1.165, 1.54) is 29.5 Å². The lowest BCUT2D eigenvalue weighted by molar-refractivity contribution is -0.149. The largest absolute Gasteiger partial charge is 0.464 e. The van der Waals surface area contributed by atoms with Crippen molar-refractivity contribution in [3.63, 3.8) is 0 Å². The summed E-state index contributed by atoms with van der Waals surface area (Å²) >= 11 is 2.68. The SMILES string of the molecule is CCOC(=O)[C@@]1(c2sc(N3CCCCC3)nc2-c2ccccc2)Sc2ccccc2NC1=O. The molecule has 5 rings (SSSR count). The lowest BCUT2D eigenvalue weighted by Crippen LogP contribution is -2.47. The topological polar surface area (TPSA) is 71.5 Å². The average molecular weight is 480 g/mol. The lowest BCUT2D eigenvalue weighted by atomic mass is 9.99. The van der Waals surface area contributed by atoms with Crippen LogP contribution in [-0.2, 0) is 19.1 Å². The molecule has 0 radical (unpaired) electrons. The summed E-state index contributed by atoms with van der Waals surface area (Å²) in [6.45, 7) is 3.80. The highest BCUT2D eigenvalue weighted by Crippen LogP contribution is 2.54. The molecule has 1 aromatic heterocycles. The molecule has 8 heteroatoms. The molecule has 1 atom stereocenters. The number of anilines is 2. The van der Waals surface area contributed by atoms with Gasteiger partial charge in [-0.3, -0.25) is 4.79 Å². The zero-order valence-corrected chi connectivity index (χ0v) is 20.0. The minimum Gasteiger partial charge on any atom is -0.464 e. The summed E-state index contributed by atoms with van der Waals surface area (Å²) in [4.78, 5) is 36.0. The highest BCUT2D eigenvalue weighted by Gasteiger charge is 2.56. The van der Waals surface area contributed by atoms with Crippen LogP contribution in [0.25, 0.3) is 11.3 Å². The number of thiazole rings is 1. The summed E-state index contributed by atoms with van der Waals surface area (Å²) in [5.74, 6) is -0.955. The van der Waals surface area contributed by atoms with E-state index in [-0.39, 0.29) is 6.61 Å². The molecule has 1 amide bonds. The maximum atomic E-state index is 13.7. The molecule has 0 unspecified atom stereocenters. The molecule has 2 aliphatic heterocycles. The molecule has 3 heterocycles. The number of nitrogens with one attached hydrogen (secondary N) is 1. The van der Waals surface area contributed by atoms with Gasteiger partial charge >= 0.3 is 5.97 Å². The van der Waals surface area contributed by atoms with Crippen LogP contribution in [0.1, 0.15) is 31.1 Å². The van der Waals surface area contributed by atoms with Crippen LogP contribution in [0.3, 0.4) is 0 Å². The van der Waals surface area contributed by atoms with Crippen molar-refractivity contribution in [3.05, 3.63) is 59.5 Å². The highest BCUT2D eigenvalue weighted by molar-refractivity contribution is 8.02. The molecule has 1 saturated heterocycles. The van der Waals surface area contributed by atoms with Crippen molar-refractivity contribution in [2.24, 2.45) is 0 Å². The van der Waals surface area contributed by atoms with Crippen LogP contribution in [0.4, 0.5) is 10.8 Å². The Bertz CT molecular complexity index is 1170. The Labute approximate surface area is 201 Å². The van der Waals surface area contributed by atoms with E-state index in [1.54, 1.807) is 6.92 Å². The van der Waals surface area contributed by atoms with E-state index in [0.717, 1.165) is 41.5 Å². The Morgan fingerprint density at radius 1 is 1.09 bits per heavy atom. The van der Waals surface area contributed by atoms with E-state index in [1.807, 2.05) is 54.6 Å². The van der Waals surface area contributed by atoms with Crippen molar-refractivity contribution >= 4 is 45.8 Å². The maximum Gasteiger partial charge on any atom is 0.337 e. The maximum absolute atomic E-state index is 13.7. The van der Waals surface area contributed by atoms with Crippen molar-refractivity contribution in [3.8, 4) is 11.3 Å². The summed E-state index contributed by atoms with van der Waals surface area (Å²) in [7, 11) is 0. The molecule has 170 valence electrons. The van der Waals surface area contributed by atoms with Gasteiger partial charge in [0.1, 0.15) is 0 Å². The van der Waals surface area contributed by atoms with Crippen LogP contribution < -0.4 is 10.2 Å². The fourth-order valence-corrected chi connectivity index (χ4v) is 6.89. The molecule has 1 N–H and O–H groups in total. The summed E-state index contributed by atoms with van der Waals surface area (Å²) in [6, 6.07) is 17.3. The minimum atomic E-state index is -1.57. The number of aromatic nitrogens is 1. The van der Waals surface area contributed by atoms with E-state index >= 15 is 0 Å². The van der Waals surface area contributed by atoms with Crippen LogP contribution in [-0.4, -0.2) is 36.6 Å². The second-order valence-corrected chi connectivity index (χ2v) is 10.3. The first kappa shape index (κ1) is 22.0. The third kappa shape index (κ3) is 3.91. The average Bonchev–Trinajstić information content (AvgIpc) is 3.31.